The average molecular weight is 488 g/mol. The zero-order valence-electron chi connectivity index (χ0n) is 21.1. The molecule has 0 aromatic heterocycles. The van der Waals surface area contributed by atoms with E-state index in [1.54, 1.807) is 6.07 Å². The van der Waals surface area contributed by atoms with Crippen molar-refractivity contribution in [3.05, 3.63) is 64.7 Å². The number of amides is 2. The first-order chi connectivity index (χ1) is 16.0. The molecule has 34 heavy (non-hydrogen) atoms. The molecular weight excluding hydrogens is 450 g/mol. The summed E-state index contributed by atoms with van der Waals surface area (Å²) < 4.78 is 26.6. The first-order valence-corrected chi connectivity index (χ1v) is 13.5. The molecule has 1 atom stereocenters. The summed E-state index contributed by atoms with van der Waals surface area (Å²) in [4.78, 5) is 28.1. The number of carbonyl (C=O) groups is 2. The number of anilines is 1. The van der Waals surface area contributed by atoms with Crippen molar-refractivity contribution >= 4 is 27.5 Å². The van der Waals surface area contributed by atoms with Gasteiger partial charge >= 0.3 is 0 Å². The van der Waals surface area contributed by atoms with Gasteiger partial charge in [0.1, 0.15) is 12.6 Å². The number of hydrogen-bond donors (Lipinski definition) is 1. The van der Waals surface area contributed by atoms with E-state index in [9.17, 15) is 18.0 Å². The van der Waals surface area contributed by atoms with Gasteiger partial charge < -0.3 is 10.2 Å². The Labute approximate surface area is 204 Å². The highest BCUT2D eigenvalue weighted by Gasteiger charge is 2.32. The Balaban J connectivity index is 2.45. The molecule has 0 spiro atoms. The van der Waals surface area contributed by atoms with Gasteiger partial charge in [0.15, 0.2) is 0 Å². The third-order valence-electron chi connectivity index (χ3n) is 5.72. The lowest BCUT2D eigenvalue weighted by molar-refractivity contribution is -0.140. The largest absolute Gasteiger partial charge is 0.354 e. The lowest BCUT2D eigenvalue weighted by Crippen LogP contribution is -2.52. The Hall–Kier alpha value is -2.87. The van der Waals surface area contributed by atoms with E-state index in [4.69, 9.17) is 0 Å². The van der Waals surface area contributed by atoms with Crippen LogP contribution in [-0.2, 0) is 26.2 Å². The van der Waals surface area contributed by atoms with E-state index >= 15 is 0 Å². The van der Waals surface area contributed by atoms with Crippen LogP contribution in [0.3, 0.4) is 0 Å². The molecule has 1 N–H and O–H groups in total. The van der Waals surface area contributed by atoms with Crippen LogP contribution in [0.25, 0.3) is 0 Å². The molecule has 0 saturated heterocycles. The maximum absolute atomic E-state index is 13.7. The summed E-state index contributed by atoms with van der Waals surface area (Å²) in [6, 6.07) is 12.5. The van der Waals surface area contributed by atoms with Gasteiger partial charge in [0, 0.05) is 13.1 Å². The Morgan fingerprint density at radius 2 is 1.59 bits per heavy atom. The van der Waals surface area contributed by atoms with E-state index in [1.807, 2.05) is 71.0 Å². The fourth-order valence-electron chi connectivity index (χ4n) is 3.76. The summed E-state index contributed by atoms with van der Waals surface area (Å²) in [7, 11) is -3.75. The summed E-state index contributed by atoms with van der Waals surface area (Å²) in [6.45, 7) is 9.83. The molecule has 0 fully saturated rings. The molecule has 2 amide bonds. The minimum Gasteiger partial charge on any atom is -0.354 e. The Morgan fingerprint density at radius 1 is 0.971 bits per heavy atom. The monoisotopic (exact) mass is 487 g/mol. The third-order valence-corrected chi connectivity index (χ3v) is 6.85. The molecule has 7 nitrogen and oxygen atoms in total. The first kappa shape index (κ1) is 27.4. The highest BCUT2D eigenvalue weighted by molar-refractivity contribution is 7.92. The number of aryl methyl sites for hydroxylation is 3. The standard InChI is InChI=1S/C26H37N3O4S/c1-7-15-27-26(31)23(8-2)28(17-22-13-10-19(3)11-14-22)25(30)18-29(34(6,32)33)24-16-20(4)9-12-21(24)5/h9-14,16,23H,7-8,15,17-18H2,1-6H3,(H,27,31)/t23-/m1/s1. The third kappa shape index (κ3) is 7.32. The molecule has 0 heterocycles. The van der Waals surface area contributed by atoms with Crippen molar-refractivity contribution < 1.29 is 18.0 Å². The van der Waals surface area contributed by atoms with Gasteiger partial charge in [0.2, 0.25) is 21.8 Å². The maximum Gasteiger partial charge on any atom is 0.244 e. The Kier molecular flexibility index (Phi) is 9.67. The smallest absolute Gasteiger partial charge is 0.244 e. The second-order valence-electron chi connectivity index (χ2n) is 8.78. The van der Waals surface area contributed by atoms with Crippen molar-refractivity contribution in [3.63, 3.8) is 0 Å². The highest BCUT2D eigenvalue weighted by Crippen LogP contribution is 2.25. The van der Waals surface area contributed by atoms with Gasteiger partial charge in [-0.05, 0) is 56.4 Å². The normalized spacial score (nSPS) is 12.2. The molecule has 186 valence electrons. The average Bonchev–Trinajstić information content (AvgIpc) is 2.78. The topological polar surface area (TPSA) is 86.8 Å². The second-order valence-corrected chi connectivity index (χ2v) is 10.7. The number of rotatable bonds is 11. The van der Waals surface area contributed by atoms with Crippen LogP contribution in [0.4, 0.5) is 5.69 Å². The van der Waals surface area contributed by atoms with Crippen molar-refractivity contribution in [2.24, 2.45) is 0 Å². The molecule has 0 saturated carbocycles. The van der Waals surface area contributed by atoms with Gasteiger partial charge in [0.05, 0.1) is 11.9 Å². The number of hydrogen-bond acceptors (Lipinski definition) is 4. The molecule has 8 heteroatoms. The van der Waals surface area contributed by atoms with Crippen LogP contribution in [0.5, 0.6) is 0 Å². The van der Waals surface area contributed by atoms with Crippen molar-refractivity contribution in [2.75, 3.05) is 23.7 Å². The molecule has 2 aromatic carbocycles. The van der Waals surface area contributed by atoms with E-state index in [2.05, 4.69) is 5.32 Å². The number of nitrogens with one attached hydrogen (secondary N) is 1. The molecule has 0 radical (unpaired) electrons. The van der Waals surface area contributed by atoms with E-state index in [0.717, 1.165) is 39.2 Å². The molecule has 0 unspecified atom stereocenters. The lowest BCUT2D eigenvalue weighted by Gasteiger charge is -2.33. The molecule has 2 rings (SSSR count). The fourth-order valence-corrected chi connectivity index (χ4v) is 4.66. The van der Waals surface area contributed by atoms with Crippen LogP contribution < -0.4 is 9.62 Å². The lowest BCUT2D eigenvalue weighted by atomic mass is 10.1. The number of carbonyl (C=O) groups excluding carboxylic acids is 2. The Morgan fingerprint density at radius 3 is 2.15 bits per heavy atom. The molecule has 0 aliphatic heterocycles. The summed E-state index contributed by atoms with van der Waals surface area (Å²) in [5, 5.41) is 2.88. The summed E-state index contributed by atoms with van der Waals surface area (Å²) in [5.41, 5.74) is 4.07. The number of nitrogens with zero attached hydrogens (tertiary/aromatic N) is 2. The van der Waals surface area contributed by atoms with Crippen molar-refractivity contribution in [3.8, 4) is 0 Å². The number of sulfonamides is 1. The summed E-state index contributed by atoms with van der Waals surface area (Å²) in [6.07, 6.45) is 2.29. The van der Waals surface area contributed by atoms with Crippen LogP contribution in [0.2, 0.25) is 0 Å². The zero-order valence-corrected chi connectivity index (χ0v) is 21.9. The predicted octanol–water partition coefficient (Wildman–Crippen LogP) is 3.71. The predicted molar refractivity (Wildman–Crippen MR) is 137 cm³/mol. The van der Waals surface area contributed by atoms with E-state index in [-0.39, 0.29) is 19.0 Å². The van der Waals surface area contributed by atoms with Crippen LogP contribution >= 0.6 is 0 Å². The fraction of sp³-hybridized carbons (Fsp3) is 0.462. The quantitative estimate of drug-likeness (QED) is 0.523. The zero-order chi connectivity index (χ0) is 25.5. The van der Waals surface area contributed by atoms with Crippen LogP contribution in [0.1, 0.15) is 48.9 Å². The van der Waals surface area contributed by atoms with Crippen LogP contribution in [-0.4, -0.2) is 50.5 Å². The molecule has 0 aliphatic rings. The van der Waals surface area contributed by atoms with E-state index in [0.29, 0.717) is 18.7 Å². The van der Waals surface area contributed by atoms with Crippen LogP contribution in [0, 0.1) is 20.8 Å². The summed E-state index contributed by atoms with van der Waals surface area (Å²) in [5.74, 6) is -0.659. The van der Waals surface area contributed by atoms with Gasteiger partial charge in [-0.2, -0.15) is 0 Å². The molecular formula is C26H37N3O4S. The van der Waals surface area contributed by atoms with E-state index in [1.165, 1.54) is 4.90 Å². The minimum atomic E-state index is -3.75. The first-order valence-electron chi connectivity index (χ1n) is 11.7. The summed E-state index contributed by atoms with van der Waals surface area (Å²) >= 11 is 0. The minimum absolute atomic E-state index is 0.210. The number of benzene rings is 2. The van der Waals surface area contributed by atoms with Gasteiger partial charge in [-0.3, -0.25) is 13.9 Å². The van der Waals surface area contributed by atoms with Gasteiger partial charge in [-0.25, -0.2) is 8.42 Å². The van der Waals surface area contributed by atoms with Crippen LogP contribution in [0.15, 0.2) is 42.5 Å². The van der Waals surface area contributed by atoms with Gasteiger partial charge in [0.25, 0.3) is 0 Å². The van der Waals surface area contributed by atoms with Crippen molar-refractivity contribution in [1.29, 1.82) is 0 Å². The van der Waals surface area contributed by atoms with Crippen molar-refractivity contribution in [2.45, 2.75) is 60.0 Å². The van der Waals surface area contributed by atoms with E-state index < -0.39 is 22.0 Å². The molecule has 0 aliphatic carbocycles. The second kappa shape index (κ2) is 12.0. The SMILES string of the molecule is CCCNC(=O)[C@@H](CC)N(Cc1ccc(C)cc1)C(=O)CN(c1cc(C)ccc1C)S(C)(=O)=O. The van der Waals surface area contributed by atoms with Crippen molar-refractivity contribution in [1.82, 2.24) is 10.2 Å². The van der Waals surface area contributed by atoms with Gasteiger partial charge in [-0.15, -0.1) is 0 Å². The molecule has 2 aromatic rings. The highest BCUT2D eigenvalue weighted by atomic mass is 32.2. The Bertz CT molecular complexity index is 1100. The molecule has 0 bridgehead atoms. The van der Waals surface area contributed by atoms with Gasteiger partial charge in [-0.1, -0.05) is 55.8 Å². The maximum atomic E-state index is 13.7.